The topological polar surface area (TPSA) is 64.3 Å². The molecule has 4 nitrogen and oxygen atoms in total. The first-order valence-electron chi connectivity index (χ1n) is 6.25. The van der Waals surface area contributed by atoms with Crippen LogP contribution in [0.5, 0.6) is 5.75 Å². The second-order valence-corrected chi connectivity index (χ2v) is 4.31. The number of anilines is 1. The van der Waals surface area contributed by atoms with Crippen LogP contribution in [0.15, 0.2) is 42.5 Å². The first-order chi connectivity index (χ1) is 10.1. The minimum atomic E-state index is -0.839. The second kappa shape index (κ2) is 6.81. The van der Waals surface area contributed by atoms with Gasteiger partial charge in [0.05, 0.1) is 5.69 Å². The van der Waals surface area contributed by atoms with Crippen molar-refractivity contribution in [2.24, 2.45) is 5.73 Å². The van der Waals surface area contributed by atoms with Gasteiger partial charge < -0.3 is 15.8 Å². The van der Waals surface area contributed by atoms with E-state index < -0.39 is 17.5 Å². The Morgan fingerprint density at radius 1 is 1.19 bits per heavy atom. The second-order valence-electron chi connectivity index (χ2n) is 4.31. The SMILES string of the molecule is NCc1cccc(OCC(=O)Nc2ccc(F)cc2F)c1. The molecule has 0 aliphatic carbocycles. The van der Waals surface area contributed by atoms with Gasteiger partial charge >= 0.3 is 0 Å². The minimum Gasteiger partial charge on any atom is -0.484 e. The summed E-state index contributed by atoms with van der Waals surface area (Å²) in [7, 11) is 0. The molecule has 0 bridgehead atoms. The van der Waals surface area contributed by atoms with Gasteiger partial charge in [0.15, 0.2) is 6.61 Å². The molecule has 3 N–H and O–H groups in total. The average molecular weight is 292 g/mol. The van der Waals surface area contributed by atoms with Crippen molar-refractivity contribution < 1.29 is 18.3 Å². The number of carbonyl (C=O) groups is 1. The third-order valence-electron chi connectivity index (χ3n) is 2.71. The van der Waals surface area contributed by atoms with E-state index >= 15 is 0 Å². The van der Waals surface area contributed by atoms with Gasteiger partial charge in [-0.25, -0.2) is 8.78 Å². The molecule has 0 unspecified atom stereocenters. The molecule has 0 aliphatic heterocycles. The number of benzene rings is 2. The lowest BCUT2D eigenvalue weighted by Gasteiger charge is -2.09. The third kappa shape index (κ3) is 4.25. The number of nitrogens with two attached hydrogens (primary N) is 1. The van der Waals surface area contributed by atoms with Crippen molar-refractivity contribution in [2.45, 2.75) is 6.54 Å². The number of nitrogens with one attached hydrogen (secondary N) is 1. The number of carbonyl (C=O) groups excluding carboxylic acids is 1. The van der Waals surface area contributed by atoms with Crippen molar-refractivity contribution in [1.29, 1.82) is 0 Å². The summed E-state index contributed by atoms with van der Waals surface area (Å²) in [6.07, 6.45) is 0. The number of rotatable bonds is 5. The van der Waals surface area contributed by atoms with Crippen molar-refractivity contribution >= 4 is 11.6 Å². The first-order valence-corrected chi connectivity index (χ1v) is 6.25. The Morgan fingerprint density at radius 3 is 2.71 bits per heavy atom. The van der Waals surface area contributed by atoms with Crippen LogP contribution in [-0.2, 0) is 11.3 Å². The third-order valence-corrected chi connectivity index (χ3v) is 2.71. The highest BCUT2D eigenvalue weighted by Gasteiger charge is 2.08. The molecular weight excluding hydrogens is 278 g/mol. The van der Waals surface area contributed by atoms with E-state index in [1.165, 1.54) is 0 Å². The van der Waals surface area contributed by atoms with Crippen molar-refractivity contribution in [3.8, 4) is 5.75 Å². The largest absolute Gasteiger partial charge is 0.484 e. The molecule has 6 heteroatoms. The van der Waals surface area contributed by atoms with Crippen LogP contribution in [0.3, 0.4) is 0 Å². The number of amides is 1. The molecule has 0 saturated heterocycles. The summed E-state index contributed by atoms with van der Waals surface area (Å²) in [5.41, 5.74) is 6.27. The van der Waals surface area contributed by atoms with Crippen molar-refractivity contribution in [1.82, 2.24) is 0 Å². The van der Waals surface area contributed by atoms with Gasteiger partial charge in [-0.15, -0.1) is 0 Å². The molecule has 1 amide bonds. The van der Waals surface area contributed by atoms with Crippen molar-refractivity contribution in [2.75, 3.05) is 11.9 Å². The molecule has 0 aliphatic rings. The Hall–Kier alpha value is -2.47. The van der Waals surface area contributed by atoms with Gasteiger partial charge in [0.25, 0.3) is 5.91 Å². The van der Waals surface area contributed by atoms with Crippen LogP contribution in [0.4, 0.5) is 14.5 Å². The van der Waals surface area contributed by atoms with E-state index in [2.05, 4.69) is 5.32 Å². The number of hydrogen-bond donors (Lipinski definition) is 2. The van der Waals surface area contributed by atoms with Crippen LogP contribution < -0.4 is 15.8 Å². The highest BCUT2D eigenvalue weighted by molar-refractivity contribution is 5.91. The lowest BCUT2D eigenvalue weighted by molar-refractivity contribution is -0.118. The lowest BCUT2D eigenvalue weighted by atomic mass is 10.2. The van der Waals surface area contributed by atoms with Crippen LogP contribution >= 0.6 is 0 Å². The molecule has 0 aromatic heterocycles. The van der Waals surface area contributed by atoms with E-state index in [0.29, 0.717) is 18.4 Å². The number of ether oxygens (including phenoxy) is 1. The Morgan fingerprint density at radius 2 is 2.00 bits per heavy atom. The fraction of sp³-hybridized carbons (Fsp3) is 0.133. The summed E-state index contributed by atoms with van der Waals surface area (Å²) in [6, 6.07) is 9.90. The Balaban J connectivity index is 1.92. The quantitative estimate of drug-likeness (QED) is 0.889. The molecule has 2 rings (SSSR count). The summed E-state index contributed by atoms with van der Waals surface area (Å²) in [4.78, 5) is 11.7. The average Bonchev–Trinajstić information content (AvgIpc) is 2.48. The van der Waals surface area contributed by atoms with Crippen LogP contribution in [0.2, 0.25) is 0 Å². The summed E-state index contributed by atoms with van der Waals surface area (Å²) in [6.45, 7) is 0.0784. The molecule has 0 heterocycles. The van der Waals surface area contributed by atoms with E-state index in [-0.39, 0.29) is 12.3 Å². The zero-order valence-corrected chi connectivity index (χ0v) is 11.1. The molecule has 2 aromatic carbocycles. The predicted molar refractivity (Wildman–Crippen MR) is 74.8 cm³/mol. The lowest BCUT2D eigenvalue weighted by Crippen LogP contribution is -2.20. The van der Waals surface area contributed by atoms with Crippen molar-refractivity contribution in [3.05, 3.63) is 59.7 Å². The van der Waals surface area contributed by atoms with E-state index in [0.717, 1.165) is 17.7 Å². The summed E-state index contributed by atoms with van der Waals surface area (Å²) in [5, 5.41) is 2.31. The molecule has 0 atom stereocenters. The maximum absolute atomic E-state index is 13.4. The van der Waals surface area contributed by atoms with Gasteiger partial charge in [0, 0.05) is 12.6 Å². The summed E-state index contributed by atoms with van der Waals surface area (Å²) >= 11 is 0. The molecule has 110 valence electrons. The molecule has 0 radical (unpaired) electrons. The van der Waals surface area contributed by atoms with Crippen LogP contribution in [0, 0.1) is 11.6 Å². The molecule has 0 spiro atoms. The number of halogens is 2. The molecular formula is C15H14F2N2O2. The molecule has 2 aromatic rings. The van der Waals surface area contributed by atoms with Gasteiger partial charge in [0.2, 0.25) is 0 Å². The fourth-order valence-corrected chi connectivity index (χ4v) is 1.69. The maximum Gasteiger partial charge on any atom is 0.262 e. The van der Waals surface area contributed by atoms with Crippen LogP contribution in [-0.4, -0.2) is 12.5 Å². The Kier molecular flexibility index (Phi) is 4.84. The van der Waals surface area contributed by atoms with Crippen molar-refractivity contribution in [3.63, 3.8) is 0 Å². The van der Waals surface area contributed by atoms with Gasteiger partial charge in [-0.2, -0.15) is 0 Å². The zero-order valence-electron chi connectivity index (χ0n) is 11.1. The van der Waals surface area contributed by atoms with Gasteiger partial charge in [-0.1, -0.05) is 12.1 Å². The highest BCUT2D eigenvalue weighted by atomic mass is 19.1. The van der Waals surface area contributed by atoms with E-state index in [1.807, 2.05) is 6.07 Å². The standard InChI is InChI=1S/C15H14F2N2O2/c16-11-4-5-14(13(17)7-11)19-15(20)9-21-12-3-1-2-10(6-12)8-18/h1-7H,8-9,18H2,(H,19,20). The van der Waals surface area contributed by atoms with Gasteiger partial charge in [-0.3, -0.25) is 4.79 Å². The number of hydrogen-bond acceptors (Lipinski definition) is 3. The molecule has 0 fully saturated rings. The van der Waals surface area contributed by atoms with Crippen LogP contribution in [0.25, 0.3) is 0 Å². The van der Waals surface area contributed by atoms with E-state index in [4.69, 9.17) is 10.5 Å². The smallest absolute Gasteiger partial charge is 0.262 e. The predicted octanol–water partition coefficient (Wildman–Crippen LogP) is 2.44. The van der Waals surface area contributed by atoms with E-state index in [1.54, 1.807) is 18.2 Å². The Labute approximate surface area is 120 Å². The summed E-state index contributed by atoms with van der Waals surface area (Å²) in [5.74, 6) is -1.60. The fourth-order valence-electron chi connectivity index (χ4n) is 1.69. The first kappa shape index (κ1) is 14.9. The molecule has 21 heavy (non-hydrogen) atoms. The van der Waals surface area contributed by atoms with E-state index in [9.17, 15) is 13.6 Å². The summed E-state index contributed by atoms with van der Waals surface area (Å²) < 4.78 is 31.4. The monoisotopic (exact) mass is 292 g/mol. The highest BCUT2D eigenvalue weighted by Crippen LogP contribution is 2.16. The molecule has 0 saturated carbocycles. The van der Waals surface area contributed by atoms with Crippen LogP contribution in [0.1, 0.15) is 5.56 Å². The Bertz CT molecular complexity index is 647. The van der Waals surface area contributed by atoms with Gasteiger partial charge in [-0.05, 0) is 29.8 Å². The maximum atomic E-state index is 13.4. The minimum absolute atomic E-state index is 0.0966. The normalized spacial score (nSPS) is 10.2. The van der Waals surface area contributed by atoms with Gasteiger partial charge in [0.1, 0.15) is 17.4 Å². The zero-order chi connectivity index (χ0) is 15.2.